The van der Waals surface area contributed by atoms with Gasteiger partial charge in [-0.15, -0.1) is 0 Å². The predicted octanol–water partition coefficient (Wildman–Crippen LogP) is 2.34. The average Bonchev–Trinajstić information content (AvgIpc) is 1.81. The maximum atomic E-state index is 10.8. The van der Waals surface area contributed by atoms with Crippen molar-refractivity contribution in [2.75, 3.05) is 0 Å². The minimum absolute atomic E-state index is 0.0958. The third-order valence-electron chi connectivity index (χ3n) is 1.40. The molecule has 0 unspecified atom stereocenters. The van der Waals surface area contributed by atoms with Crippen molar-refractivity contribution in [1.29, 1.82) is 0 Å². The van der Waals surface area contributed by atoms with Gasteiger partial charge in [0.05, 0.1) is 0 Å². The van der Waals surface area contributed by atoms with Crippen LogP contribution in [0.4, 0.5) is 0 Å². The molecule has 0 fully saturated rings. The van der Waals surface area contributed by atoms with Gasteiger partial charge >= 0.3 is 0 Å². The van der Waals surface area contributed by atoms with Gasteiger partial charge in [0.15, 0.2) is 0 Å². The first kappa shape index (κ1) is 10.9. The molecule has 3 heteroatoms. The summed E-state index contributed by atoms with van der Waals surface area (Å²) in [6.45, 7) is 10.2. The molecule has 1 amide bonds. The van der Waals surface area contributed by atoms with Crippen LogP contribution in [-0.4, -0.2) is 17.2 Å². The highest BCUT2D eigenvalue weighted by Crippen LogP contribution is 2.41. The van der Waals surface area contributed by atoms with E-state index in [-0.39, 0.29) is 14.0 Å². The van der Waals surface area contributed by atoms with Crippen LogP contribution in [0.5, 0.6) is 0 Å². The van der Waals surface area contributed by atoms with E-state index in [1.165, 1.54) is 0 Å². The first-order valence-electron chi connectivity index (χ1n) is 4.00. The summed E-state index contributed by atoms with van der Waals surface area (Å²) in [5.41, 5.74) is 1.16. The fraction of sp³-hybridized carbons (Fsp3) is 0.875. The van der Waals surface area contributed by atoms with Gasteiger partial charge in [-0.1, -0.05) is 27.7 Å². The van der Waals surface area contributed by atoms with Gasteiger partial charge in [0.2, 0.25) is 5.91 Å². The lowest BCUT2D eigenvalue weighted by atomic mass is 10.5. The third kappa shape index (κ3) is 4.36. The van der Waals surface area contributed by atoms with Gasteiger partial charge < -0.3 is 5.09 Å². The van der Waals surface area contributed by atoms with Crippen molar-refractivity contribution in [3.63, 3.8) is 0 Å². The minimum Gasteiger partial charge on any atom is -0.335 e. The zero-order chi connectivity index (χ0) is 9.02. The Hall–Kier alpha value is -0.100. The number of hydrogen-bond acceptors (Lipinski definition) is 1. The molecular formula is C8H18NOP. The molecule has 11 heavy (non-hydrogen) atoms. The van der Waals surface area contributed by atoms with Gasteiger partial charge in [-0.2, -0.15) is 0 Å². The number of carbonyl (C=O) groups is 1. The molecule has 0 aliphatic rings. The molecule has 0 aliphatic carbocycles. The van der Waals surface area contributed by atoms with E-state index in [1.54, 1.807) is 6.92 Å². The SMILES string of the molecule is CC(=O)NP(C(C)C)C(C)C. The first-order valence-corrected chi connectivity index (χ1v) is 5.48. The van der Waals surface area contributed by atoms with Gasteiger partial charge in [0.1, 0.15) is 0 Å². The molecule has 0 atom stereocenters. The van der Waals surface area contributed by atoms with Crippen molar-refractivity contribution in [2.24, 2.45) is 0 Å². The van der Waals surface area contributed by atoms with Crippen LogP contribution < -0.4 is 5.09 Å². The second-order valence-electron chi connectivity index (χ2n) is 3.26. The van der Waals surface area contributed by atoms with Gasteiger partial charge in [0, 0.05) is 6.92 Å². The molecule has 0 spiro atoms. The van der Waals surface area contributed by atoms with Gasteiger partial charge in [-0.05, 0) is 19.4 Å². The Bertz CT molecular complexity index is 126. The lowest BCUT2D eigenvalue weighted by molar-refractivity contribution is -0.117. The van der Waals surface area contributed by atoms with Crippen LogP contribution in [0.2, 0.25) is 0 Å². The standard InChI is InChI=1S/C8H18NOP/c1-6(2)11(7(3)4)9-8(5)10/h6-7H,1-5H3,(H,9,10). The lowest BCUT2D eigenvalue weighted by Gasteiger charge is -2.25. The van der Waals surface area contributed by atoms with Crippen LogP contribution in [0.15, 0.2) is 0 Å². The zero-order valence-electron chi connectivity index (χ0n) is 8.01. The summed E-state index contributed by atoms with van der Waals surface area (Å²) in [7, 11) is -0.318. The monoisotopic (exact) mass is 175 g/mol. The number of rotatable bonds is 3. The van der Waals surface area contributed by atoms with E-state index in [1.807, 2.05) is 0 Å². The molecule has 0 aromatic rings. The van der Waals surface area contributed by atoms with Crippen molar-refractivity contribution < 1.29 is 4.79 Å². The molecule has 66 valence electrons. The van der Waals surface area contributed by atoms with Crippen molar-refractivity contribution in [2.45, 2.75) is 45.9 Å². The Morgan fingerprint density at radius 2 is 1.55 bits per heavy atom. The molecule has 2 nitrogen and oxygen atoms in total. The molecule has 1 N–H and O–H groups in total. The molecule has 0 heterocycles. The Kier molecular flexibility index (Phi) is 4.67. The maximum absolute atomic E-state index is 10.8. The summed E-state index contributed by atoms with van der Waals surface area (Å²) in [5.74, 6) is 0.0958. The predicted molar refractivity (Wildman–Crippen MR) is 51.0 cm³/mol. The molecule has 0 bridgehead atoms. The van der Waals surface area contributed by atoms with Gasteiger partial charge in [0.25, 0.3) is 0 Å². The van der Waals surface area contributed by atoms with E-state index < -0.39 is 0 Å². The summed E-state index contributed by atoms with van der Waals surface area (Å²) in [5, 5.41) is 3.00. The Morgan fingerprint density at radius 1 is 1.18 bits per heavy atom. The van der Waals surface area contributed by atoms with E-state index >= 15 is 0 Å². The zero-order valence-corrected chi connectivity index (χ0v) is 8.90. The molecule has 0 aromatic heterocycles. The number of carbonyl (C=O) groups excluding carboxylic acids is 1. The summed E-state index contributed by atoms with van der Waals surface area (Å²) in [4.78, 5) is 10.8. The Balaban J connectivity index is 4.00. The van der Waals surface area contributed by atoms with Crippen molar-refractivity contribution in [1.82, 2.24) is 5.09 Å². The number of hydrogen-bond donors (Lipinski definition) is 1. The summed E-state index contributed by atoms with van der Waals surface area (Å²) < 4.78 is 0. The maximum Gasteiger partial charge on any atom is 0.220 e. The largest absolute Gasteiger partial charge is 0.335 e. The molecule has 0 saturated carbocycles. The number of nitrogens with one attached hydrogen (secondary N) is 1. The highest BCUT2D eigenvalue weighted by atomic mass is 31.1. The smallest absolute Gasteiger partial charge is 0.220 e. The molecule has 0 radical (unpaired) electrons. The Morgan fingerprint density at radius 3 is 1.64 bits per heavy atom. The molecule has 0 aromatic carbocycles. The highest BCUT2D eigenvalue weighted by molar-refractivity contribution is 7.57. The molecule has 0 aliphatic heterocycles. The Labute approximate surface area is 70.6 Å². The highest BCUT2D eigenvalue weighted by Gasteiger charge is 2.17. The number of amides is 1. The van der Waals surface area contributed by atoms with Crippen molar-refractivity contribution >= 4 is 14.0 Å². The fourth-order valence-electron chi connectivity index (χ4n) is 1.04. The van der Waals surface area contributed by atoms with Crippen molar-refractivity contribution in [3.8, 4) is 0 Å². The van der Waals surface area contributed by atoms with E-state index in [0.717, 1.165) is 0 Å². The average molecular weight is 175 g/mol. The normalized spacial score (nSPS) is 11.3. The van der Waals surface area contributed by atoms with E-state index in [9.17, 15) is 4.79 Å². The third-order valence-corrected chi connectivity index (χ3v) is 4.20. The second kappa shape index (κ2) is 4.71. The van der Waals surface area contributed by atoms with E-state index in [0.29, 0.717) is 11.3 Å². The second-order valence-corrected chi connectivity index (χ2v) is 6.37. The van der Waals surface area contributed by atoms with Crippen LogP contribution in [-0.2, 0) is 4.79 Å². The molecule has 0 rings (SSSR count). The van der Waals surface area contributed by atoms with Crippen LogP contribution in [0.1, 0.15) is 34.6 Å². The fourth-order valence-corrected chi connectivity index (χ4v) is 3.11. The van der Waals surface area contributed by atoms with E-state index in [2.05, 4.69) is 32.8 Å². The van der Waals surface area contributed by atoms with Gasteiger partial charge in [-0.25, -0.2) is 0 Å². The summed E-state index contributed by atoms with van der Waals surface area (Å²) in [6.07, 6.45) is 0. The van der Waals surface area contributed by atoms with Crippen LogP contribution in [0.25, 0.3) is 0 Å². The van der Waals surface area contributed by atoms with Crippen LogP contribution in [0, 0.1) is 0 Å². The van der Waals surface area contributed by atoms with Crippen LogP contribution in [0.3, 0.4) is 0 Å². The van der Waals surface area contributed by atoms with Crippen molar-refractivity contribution in [3.05, 3.63) is 0 Å². The topological polar surface area (TPSA) is 29.1 Å². The quantitative estimate of drug-likeness (QED) is 0.655. The van der Waals surface area contributed by atoms with Crippen LogP contribution >= 0.6 is 8.07 Å². The molecular weight excluding hydrogens is 157 g/mol. The van der Waals surface area contributed by atoms with Gasteiger partial charge in [-0.3, -0.25) is 4.79 Å². The first-order chi connectivity index (χ1) is 4.95. The molecule has 0 saturated heterocycles. The lowest BCUT2D eigenvalue weighted by Crippen LogP contribution is -2.22. The minimum atomic E-state index is -0.318. The summed E-state index contributed by atoms with van der Waals surface area (Å²) in [6, 6.07) is 0. The summed E-state index contributed by atoms with van der Waals surface area (Å²) >= 11 is 0. The van der Waals surface area contributed by atoms with E-state index in [4.69, 9.17) is 0 Å².